The van der Waals surface area contributed by atoms with Gasteiger partial charge in [0.1, 0.15) is 21.3 Å². The molecule has 0 saturated heterocycles. The molecule has 4 nitrogen and oxygen atoms in total. The average Bonchev–Trinajstić information content (AvgIpc) is 3.27. The van der Waals surface area contributed by atoms with Gasteiger partial charge in [-0.3, -0.25) is 4.79 Å². The molecule has 0 aliphatic rings. The number of fused-ring (bicyclic) bond motifs is 1. The first-order valence-corrected chi connectivity index (χ1v) is 10.9. The molecule has 4 aromatic rings. The van der Waals surface area contributed by atoms with Crippen molar-refractivity contribution in [3.05, 3.63) is 70.4 Å². The van der Waals surface area contributed by atoms with Gasteiger partial charge in [0, 0.05) is 11.3 Å². The summed E-state index contributed by atoms with van der Waals surface area (Å²) in [6, 6.07) is 13.4. The molecule has 0 amide bonds. The lowest BCUT2D eigenvalue weighted by molar-refractivity contribution is 0.104. The Morgan fingerprint density at radius 2 is 2.04 bits per heavy atom. The number of hydrogen-bond acceptors (Lipinski definition) is 7. The Labute approximate surface area is 173 Å². The molecular weight excluding hydrogens is 415 g/mol. The fourth-order valence-electron chi connectivity index (χ4n) is 2.71. The Morgan fingerprint density at radius 1 is 1.25 bits per heavy atom. The minimum absolute atomic E-state index is 0.140. The molecule has 2 aromatic heterocycles. The Kier molecular flexibility index (Phi) is 5.34. The topological polar surface area (TPSA) is 65.2 Å². The molecule has 0 aliphatic heterocycles. The van der Waals surface area contributed by atoms with Crippen LogP contribution in [0.2, 0.25) is 0 Å². The molecule has 0 atom stereocenters. The third-order valence-electron chi connectivity index (χ3n) is 4.16. The maximum atomic E-state index is 13.1. The molecule has 0 unspecified atom stereocenters. The summed E-state index contributed by atoms with van der Waals surface area (Å²) in [5.41, 5.74) is 8.34. The van der Waals surface area contributed by atoms with Crippen molar-refractivity contribution in [2.75, 3.05) is 12.8 Å². The van der Waals surface area contributed by atoms with Crippen LogP contribution in [-0.4, -0.2) is 17.3 Å². The van der Waals surface area contributed by atoms with Gasteiger partial charge in [-0.15, -0.1) is 23.1 Å². The number of hydrogen-bond donors (Lipinski definition) is 1. The van der Waals surface area contributed by atoms with E-state index in [1.165, 1.54) is 35.0 Å². The van der Waals surface area contributed by atoms with Gasteiger partial charge >= 0.3 is 0 Å². The summed E-state index contributed by atoms with van der Waals surface area (Å²) in [7, 11) is 1.56. The van der Waals surface area contributed by atoms with Gasteiger partial charge in [0.15, 0.2) is 0 Å². The lowest BCUT2D eigenvalue weighted by atomic mass is 10.1. The first-order valence-electron chi connectivity index (χ1n) is 8.30. The van der Waals surface area contributed by atoms with Crippen LogP contribution in [0.25, 0.3) is 10.2 Å². The zero-order valence-electron chi connectivity index (χ0n) is 14.8. The van der Waals surface area contributed by atoms with E-state index in [9.17, 15) is 9.18 Å². The number of ether oxygens (including phenoxy) is 1. The van der Waals surface area contributed by atoms with Gasteiger partial charge < -0.3 is 10.5 Å². The van der Waals surface area contributed by atoms with E-state index >= 15 is 0 Å². The fraction of sp³-hybridized carbons (Fsp3) is 0.100. The molecule has 2 heterocycles. The van der Waals surface area contributed by atoms with Crippen LogP contribution in [0.15, 0.2) is 52.7 Å². The smallest absolute Gasteiger partial charge is 0.205 e. The van der Waals surface area contributed by atoms with E-state index in [-0.39, 0.29) is 11.6 Å². The number of methoxy groups -OCH3 is 1. The molecule has 4 rings (SSSR count). The quantitative estimate of drug-likeness (QED) is 0.318. The highest BCUT2D eigenvalue weighted by molar-refractivity contribution is 8.00. The third-order valence-corrected chi connectivity index (χ3v) is 7.54. The number of nitrogens with two attached hydrogens (primary N) is 1. The van der Waals surface area contributed by atoms with E-state index in [0.29, 0.717) is 27.6 Å². The normalized spacial score (nSPS) is 11.1. The molecule has 0 saturated carbocycles. The summed E-state index contributed by atoms with van der Waals surface area (Å²) >= 11 is 4.26. The summed E-state index contributed by atoms with van der Waals surface area (Å²) in [5.74, 6) is 0.901. The summed E-state index contributed by atoms with van der Waals surface area (Å²) in [6.07, 6.45) is 0. The number of carbonyl (C=O) groups excluding carboxylic acids is 1. The van der Waals surface area contributed by atoms with Crippen molar-refractivity contribution in [3.63, 3.8) is 0 Å². The van der Waals surface area contributed by atoms with Crippen LogP contribution in [0.4, 0.5) is 10.1 Å². The SMILES string of the molecule is COc1cccc(C(=O)c2sc3nsc(SCc4ccc(F)cc4)c3c2N)c1. The van der Waals surface area contributed by atoms with Crippen LogP contribution in [0.3, 0.4) is 0 Å². The van der Waals surface area contributed by atoms with E-state index in [1.807, 2.05) is 0 Å². The van der Waals surface area contributed by atoms with Crippen LogP contribution in [-0.2, 0) is 5.75 Å². The minimum atomic E-state index is -0.253. The summed E-state index contributed by atoms with van der Waals surface area (Å²) < 4.78 is 23.7. The molecule has 0 fully saturated rings. The zero-order valence-corrected chi connectivity index (χ0v) is 17.2. The highest BCUT2D eigenvalue weighted by atomic mass is 32.2. The van der Waals surface area contributed by atoms with Gasteiger partial charge in [-0.1, -0.05) is 24.3 Å². The molecular formula is C20H15FN2O2S3. The van der Waals surface area contributed by atoms with Gasteiger partial charge in [-0.25, -0.2) is 4.39 Å². The van der Waals surface area contributed by atoms with Crippen molar-refractivity contribution in [3.8, 4) is 5.75 Å². The Bertz CT molecular complexity index is 1150. The first kappa shape index (κ1) is 18.9. The van der Waals surface area contributed by atoms with Crippen LogP contribution in [0, 0.1) is 5.82 Å². The molecule has 28 heavy (non-hydrogen) atoms. The number of ketones is 1. The fourth-order valence-corrected chi connectivity index (χ4v) is 5.93. The number of anilines is 1. The maximum Gasteiger partial charge on any atom is 0.205 e. The Morgan fingerprint density at radius 3 is 2.79 bits per heavy atom. The van der Waals surface area contributed by atoms with E-state index < -0.39 is 0 Å². The molecule has 0 aliphatic carbocycles. The number of thioether (sulfide) groups is 1. The van der Waals surface area contributed by atoms with Gasteiger partial charge in [-0.2, -0.15) is 4.37 Å². The van der Waals surface area contributed by atoms with Crippen LogP contribution >= 0.6 is 34.6 Å². The second-order valence-corrected chi connectivity index (χ2v) is 8.99. The molecule has 0 bridgehead atoms. The van der Waals surface area contributed by atoms with E-state index in [4.69, 9.17) is 10.5 Å². The van der Waals surface area contributed by atoms with Crippen molar-refractivity contribution in [1.29, 1.82) is 0 Å². The lowest BCUT2D eigenvalue weighted by Crippen LogP contribution is -2.02. The van der Waals surface area contributed by atoms with Gasteiger partial charge in [0.05, 0.1) is 22.4 Å². The van der Waals surface area contributed by atoms with Crippen molar-refractivity contribution in [2.45, 2.75) is 9.96 Å². The molecule has 0 spiro atoms. The number of carbonyl (C=O) groups is 1. The molecule has 0 radical (unpaired) electrons. The maximum absolute atomic E-state index is 13.1. The van der Waals surface area contributed by atoms with Gasteiger partial charge in [-0.05, 0) is 41.4 Å². The number of aromatic nitrogens is 1. The first-order chi connectivity index (χ1) is 13.6. The van der Waals surface area contributed by atoms with Crippen LogP contribution in [0.1, 0.15) is 20.8 Å². The average molecular weight is 431 g/mol. The van der Waals surface area contributed by atoms with Crippen LogP contribution < -0.4 is 10.5 Å². The van der Waals surface area contributed by atoms with Crippen molar-refractivity contribution in [2.24, 2.45) is 0 Å². The second kappa shape index (κ2) is 7.90. The minimum Gasteiger partial charge on any atom is -0.497 e. The van der Waals surface area contributed by atoms with E-state index in [0.717, 1.165) is 20.0 Å². The largest absolute Gasteiger partial charge is 0.497 e. The van der Waals surface area contributed by atoms with Crippen molar-refractivity contribution >= 4 is 56.3 Å². The van der Waals surface area contributed by atoms with Gasteiger partial charge in [0.2, 0.25) is 5.78 Å². The highest BCUT2D eigenvalue weighted by Gasteiger charge is 2.22. The van der Waals surface area contributed by atoms with Gasteiger partial charge in [0.25, 0.3) is 0 Å². The summed E-state index contributed by atoms with van der Waals surface area (Å²) in [4.78, 5) is 14.2. The Balaban J connectivity index is 1.62. The highest BCUT2D eigenvalue weighted by Crippen LogP contribution is 2.43. The number of rotatable bonds is 6. The number of halogens is 1. The Hall–Kier alpha value is -2.42. The number of thiophene rings is 1. The van der Waals surface area contributed by atoms with Crippen molar-refractivity contribution in [1.82, 2.24) is 4.37 Å². The zero-order chi connectivity index (χ0) is 19.7. The summed E-state index contributed by atoms with van der Waals surface area (Å²) in [6.45, 7) is 0. The standard InChI is InChI=1S/C20H15FN2O2S3/c1-25-14-4-2-3-12(9-14)17(24)18-16(22)15-19(27-18)23-28-20(15)26-10-11-5-7-13(21)8-6-11/h2-9H,10,22H2,1H3. The van der Waals surface area contributed by atoms with E-state index in [1.54, 1.807) is 55.3 Å². The van der Waals surface area contributed by atoms with Crippen molar-refractivity contribution < 1.29 is 13.9 Å². The monoisotopic (exact) mass is 430 g/mol. The third kappa shape index (κ3) is 3.63. The molecule has 8 heteroatoms. The lowest BCUT2D eigenvalue weighted by Gasteiger charge is -2.04. The molecule has 2 aromatic carbocycles. The molecule has 2 N–H and O–H groups in total. The summed E-state index contributed by atoms with van der Waals surface area (Å²) in [5, 5.41) is 0.827. The van der Waals surface area contributed by atoms with Crippen LogP contribution in [0.5, 0.6) is 5.75 Å². The number of benzene rings is 2. The predicted octanol–water partition coefficient (Wildman–Crippen LogP) is 5.61. The predicted molar refractivity (Wildman–Crippen MR) is 114 cm³/mol. The van der Waals surface area contributed by atoms with E-state index in [2.05, 4.69) is 4.37 Å². The second-order valence-electron chi connectivity index (χ2n) is 5.97. The number of nitrogen functional groups attached to an aromatic ring is 1. The molecule has 142 valence electrons. The number of nitrogens with zero attached hydrogens (tertiary/aromatic N) is 1.